The zero-order valence-corrected chi connectivity index (χ0v) is 43.5. The average Bonchev–Trinajstić information content (AvgIpc) is 3.20. The Morgan fingerprint density at radius 1 is 0.623 bits per heavy atom. The van der Waals surface area contributed by atoms with Gasteiger partial charge < -0.3 is 22.6 Å². The molecule has 4 aromatic carbocycles. The van der Waals surface area contributed by atoms with Crippen molar-refractivity contribution in [3.8, 4) is 0 Å². The average molecular weight is 895 g/mol. The van der Waals surface area contributed by atoms with Crippen molar-refractivity contribution in [3.63, 3.8) is 0 Å². The van der Waals surface area contributed by atoms with Crippen LogP contribution in [0.25, 0.3) is 0 Å². The molecule has 0 aliphatic heterocycles. The Balaban J connectivity index is 1.51. The normalized spacial score (nSPS) is 19.3. The predicted molar refractivity (Wildman–Crippen MR) is 269 cm³/mol. The highest BCUT2D eigenvalue weighted by molar-refractivity contribution is 7.78. The van der Waals surface area contributed by atoms with Crippen LogP contribution in [0.3, 0.4) is 0 Å². The van der Waals surface area contributed by atoms with Gasteiger partial charge in [0.25, 0.3) is 8.32 Å². The monoisotopic (exact) mass is 894 g/mol. The van der Waals surface area contributed by atoms with Crippen LogP contribution in [0.15, 0.2) is 145 Å². The summed E-state index contributed by atoms with van der Waals surface area (Å²) in [4.78, 5) is 0. The van der Waals surface area contributed by atoms with Gasteiger partial charge >= 0.3 is 0 Å². The van der Waals surface area contributed by atoms with Gasteiger partial charge in [-0.2, -0.15) is 0 Å². The Kier molecular flexibility index (Phi) is 15.7. The molecule has 0 bridgehead atoms. The zero-order chi connectivity index (χ0) is 44.9. The fraction of sp³-hybridized carbons (Fsp3) is 0.462. The molecular weight excluding hydrogens is 820 g/mol. The summed E-state index contributed by atoms with van der Waals surface area (Å²) >= 11 is 0. The second-order valence-electron chi connectivity index (χ2n) is 21.0. The molecule has 0 amide bonds. The maximum atomic E-state index is 15.3. The Hall–Kier alpha value is -2.92. The molecule has 5 rings (SSSR count). The van der Waals surface area contributed by atoms with Gasteiger partial charge in [0, 0.05) is 36.4 Å². The minimum absolute atomic E-state index is 0.0222. The lowest BCUT2D eigenvalue weighted by Gasteiger charge is -2.49. The second kappa shape index (κ2) is 19.4. The summed E-state index contributed by atoms with van der Waals surface area (Å²) in [7, 11) is -10.4. The van der Waals surface area contributed by atoms with Crippen LogP contribution in [0.5, 0.6) is 0 Å². The molecule has 1 saturated carbocycles. The molecule has 330 valence electrons. The van der Waals surface area contributed by atoms with Crippen molar-refractivity contribution in [1.82, 2.24) is 0 Å². The van der Waals surface area contributed by atoms with Crippen molar-refractivity contribution in [2.75, 3.05) is 19.4 Å². The van der Waals surface area contributed by atoms with Gasteiger partial charge in [-0.1, -0.05) is 196 Å². The third kappa shape index (κ3) is 11.1. The minimum Gasteiger partial charge on any atom is -0.411 e. The van der Waals surface area contributed by atoms with Crippen LogP contribution >= 0.6 is 7.14 Å². The molecule has 0 saturated heterocycles. The fourth-order valence-corrected chi connectivity index (χ4v) is 17.7. The molecular formula is C52H75O5PSi3. The van der Waals surface area contributed by atoms with E-state index in [1.807, 2.05) is 60.7 Å². The molecule has 0 unspecified atom stereocenters. The van der Waals surface area contributed by atoms with Crippen molar-refractivity contribution < 1.29 is 22.6 Å². The fourth-order valence-electron chi connectivity index (χ4n) is 7.95. The Labute approximate surface area is 373 Å². The van der Waals surface area contributed by atoms with E-state index in [1.165, 1.54) is 10.4 Å². The maximum absolute atomic E-state index is 15.3. The van der Waals surface area contributed by atoms with E-state index in [2.05, 4.69) is 155 Å². The first-order valence-electron chi connectivity index (χ1n) is 22.3. The maximum Gasteiger partial charge on any atom is 0.261 e. The van der Waals surface area contributed by atoms with E-state index < -0.39 is 38.2 Å². The molecule has 3 atom stereocenters. The van der Waals surface area contributed by atoms with E-state index in [-0.39, 0.29) is 27.3 Å². The van der Waals surface area contributed by atoms with Gasteiger partial charge in [0.05, 0.1) is 12.2 Å². The molecule has 5 nitrogen and oxygen atoms in total. The lowest BCUT2D eigenvalue weighted by Crippen LogP contribution is -2.66. The molecule has 9 heteroatoms. The quantitative estimate of drug-likeness (QED) is 0.0637. The van der Waals surface area contributed by atoms with E-state index in [9.17, 15) is 0 Å². The summed E-state index contributed by atoms with van der Waals surface area (Å²) in [5.41, 5.74) is 1.95. The van der Waals surface area contributed by atoms with Crippen LogP contribution in [-0.2, 0) is 22.6 Å². The van der Waals surface area contributed by atoms with Crippen molar-refractivity contribution in [1.29, 1.82) is 0 Å². The third-order valence-corrected chi connectivity index (χ3v) is 30.6. The van der Waals surface area contributed by atoms with Gasteiger partial charge in [0.15, 0.2) is 16.6 Å². The highest BCUT2D eigenvalue weighted by Crippen LogP contribution is 2.48. The number of rotatable bonds is 16. The summed E-state index contributed by atoms with van der Waals surface area (Å²) in [5, 5.41) is 4.06. The molecule has 0 radical (unpaired) electrons. The van der Waals surface area contributed by atoms with E-state index in [4.69, 9.17) is 24.6 Å². The zero-order valence-electron chi connectivity index (χ0n) is 39.6. The summed E-state index contributed by atoms with van der Waals surface area (Å²) in [6, 6.07) is 41.5. The smallest absolute Gasteiger partial charge is 0.261 e. The first-order valence-corrected chi connectivity index (χ1v) is 31.9. The molecule has 1 aliphatic rings. The van der Waals surface area contributed by atoms with Gasteiger partial charge in [0.1, 0.15) is 13.2 Å². The van der Waals surface area contributed by atoms with Crippen LogP contribution in [0.2, 0.25) is 41.3 Å². The number of allylic oxidation sites excluding steroid dienone is 1. The minimum atomic E-state index is -3.03. The van der Waals surface area contributed by atoms with E-state index in [0.29, 0.717) is 32.2 Å². The summed E-state index contributed by atoms with van der Waals surface area (Å²) < 4.78 is 44.5. The van der Waals surface area contributed by atoms with Crippen molar-refractivity contribution >= 4 is 53.1 Å². The molecule has 1 aliphatic carbocycles. The Morgan fingerprint density at radius 2 is 1.05 bits per heavy atom. The van der Waals surface area contributed by atoms with E-state index in [0.717, 1.165) is 21.8 Å². The summed E-state index contributed by atoms with van der Waals surface area (Å²) in [6.07, 6.45) is 2.79. The SMILES string of the molecule is C=C1C(=CCP(=O)(c2ccccc2)c2ccccc2)C[C@@H](O[Si](C)(C)C(C)(C)C)[C@@H](OCCCO[Si](c2ccccc2)(c2ccccc2)C(C)(C)C)[C@@H]1O[Si](C)(C)C(C)(C)C. The van der Waals surface area contributed by atoms with Crippen LogP contribution < -0.4 is 21.0 Å². The van der Waals surface area contributed by atoms with Gasteiger partial charge in [-0.3, -0.25) is 0 Å². The lowest BCUT2D eigenvalue weighted by atomic mass is 9.84. The van der Waals surface area contributed by atoms with Crippen LogP contribution in [0.4, 0.5) is 0 Å². The van der Waals surface area contributed by atoms with Crippen LogP contribution in [-0.4, -0.2) is 62.6 Å². The van der Waals surface area contributed by atoms with Gasteiger partial charge in [-0.15, -0.1) is 0 Å². The largest absolute Gasteiger partial charge is 0.411 e. The predicted octanol–water partition coefficient (Wildman–Crippen LogP) is 12.0. The number of ether oxygens (including phenoxy) is 1. The van der Waals surface area contributed by atoms with Crippen LogP contribution in [0.1, 0.15) is 75.2 Å². The summed E-state index contributed by atoms with van der Waals surface area (Å²) in [5.74, 6) is 0. The molecule has 0 aromatic heterocycles. The van der Waals surface area contributed by atoms with Crippen molar-refractivity contribution in [2.45, 2.75) is 135 Å². The van der Waals surface area contributed by atoms with E-state index >= 15 is 4.57 Å². The Morgan fingerprint density at radius 3 is 1.48 bits per heavy atom. The number of benzene rings is 4. The summed E-state index contributed by atoms with van der Waals surface area (Å²) in [6.45, 7) is 35.7. The Bertz CT molecular complexity index is 2020. The van der Waals surface area contributed by atoms with Crippen LogP contribution in [0, 0.1) is 0 Å². The van der Waals surface area contributed by atoms with E-state index in [1.54, 1.807) is 0 Å². The van der Waals surface area contributed by atoms with Gasteiger partial charge in [0.2, 0.25) is 0 Å². The van der Waals surface area contributed by atoms with Crippen molar-refractivity contribution in [3.05, 3.63) is 145 Å². The van der Waals surface area contributed by atoms with Crippen molar-refractivity contribution in [2.24, 2.45) is 0 Å². The standard InChI is InChI=1S/C52H75O5PSi3/c1-41-42(36-39-58(53,43-28-19-15-20-29-43)44-30-21-16-22-31-44)40-47(56-59(11,12)50(2,3)4)49(48(41)57-60(13,14)51(5,6)7)54-37-27-38-55-61(52(8,9)10,45-32-23-17-24-33-45)46-34-25-18-26-35-46/h15-26,28-36,47-49H,1,27,37-40H2,2-14H3/t47-,48-,49-/m1/s1. The molecule has 61 heavy (non-hydrogen) atoms. The number of hydrogen-bond acceptors (Lipinski definition) is 5. The molecule has 0 spiro atoms. The number of hydrogen-bond donors (Lipinski definition) is 0. The molecule has 4 aromatic rings. The molecule has 0 heterocycles. The van der Waals surface area contributed by atoms with Gasteiger partial charge in [-0.25, -0.2) is 0 Å². The molecule has 0 N–H and O–H groups in total. The first-order chi connectivity index (χ1) is 28.4. The first kappa shape index (κ1) is 49.1. The lowest BCUT2D eigenvalue weighted by molar-refractivity contribution is -0.0879. The highest BCUT2D eigenvalue weighted by Gasteiger charge is 2.51. The van der Waals surface area contributed by atoms with Gasteiger partial charge in [-0.05, 0) is 69.2 Å². The topological polar surface area (TPSA) is 54.0 Å². The molecule has 1 fully saturated rings. The highest BCUT2D eigenvalue weighted by atomic mass is 31.2. The third-order valence-electron chi connectivity index (χ3n) is 13.6. The second-order valence-corrected chi connectivity index (χ2v) is 37.7.